The zero-order valence-electron chi connectivity index (χ0n) is 13.5. The Morgan fingerprint density at radius 1 is 1.12 bits per heavy atom. The fourth-order valence-electron chi connectivity index (χ4n) is 2.37. The van der Waals surface area contributed by atoms with Crippen LogP contribution in [0, 0.1) is 3.57 Å². The topological polar surface area (TPSA) is 54.9 Å². The van der Waals surface area contributed by atoms with Crippen molar-refractivity contribution in [2.75, 3.05) is 5.32 Å². The van der Waals surface area contributed by atoms with Crippen LogP contribution in [0.3, 0.4) is 0 Å². The minimum atomic E-state index is -0.175. The summed E-state index contributed by atoms with van der Waals surface area (Å²) in [7, 11) is 0. The summed E-state index contributed by atoms with van der Waals surface area (Å²) in [6.07, 6.45) is 2.50. The van der Waals surface area contributed by atoms with Crippen molar-refractivity contribution in [3.63, 3.8) is 0 Å². The summed E-state index contributed by atoms with van der Waals surface area (Å²) in [6, 6.07) is 12.9. The van der Waals surface area contributed by atoms with Gasteiger partial charge in [-0.2, -0.15) is 0 Å². The first-order chi connectivity index (χ1) is 12.5. The Balaban J connectivity index is 1.55. The molecule has 1 N–H and O–H groups in total. The number of hydrogen-bond acceptors (Lipinski definition) is 4. The molecule has 0 saturated heterocycles. The van der Waals surface area contributed by atoms with Gasteiger partial charge in [-0.15, -0.1) is 10.2 Å². The number of carbonyl (C=O) groups is 1. The van der Waals surface area contributed by atoms with Crippen LogP contribution in [-0.2, 0) is 12.8 Å². The van der Waals surface area contributed by atoms with Crippen LogP contribution in [0.1, 0.15) is 27.3 Å². The predicted octanol–water partition coefficient (Wildman–Crippen LogP) is 5.88. The molecule has 0 spiro atoms. The number of anilines is 1. The third-order valence-corrected chi connectivity index (χ3v) is 6.08. The van der Waals surface area contributed by atoms with Gasteiger partial charge < -0.3 is 0 Å². The van der Waals surface area contributed by atoms with E-state index < -0.39 is 0 Å². The number of carbonyl (C=O) groups excluding carboxylic acids is 1. The van der Waals surface area contributed by atoms with Gasteiger partial charge in [0.2, 0.25) is 5.13 Å². The van der Waals surface area contributed by atoms with Crippen LogP contribution < -0.4 is 5.32 Å². The van der Waals surface area contributed by atoms with Crippen molar-refractivity contribution < 1.29 is 4.79 Å². The third-order valence-electron chi connectivity index (χ3n) is 3.66. The minimum Gasteiger partial charge on any atom is -0.296 e. The molecule has 4 nitrogen and oxygen atoms in total. The molecule has 134 valence electrons. The highest BCUT2D eigenvalue weighted by Gasteiger charge is 2.12. The van der Waals surface area contributed by atoms with Gasteiger partial charge in [-0.3, -0.25) is 10.1 Å². The average Bonchev–Trinajstić information content (AvgIpc) is 3.04. The number of rotatable bonds is 6. The standard InChI is InChI=1S/C18H14Cl2IN3OS/c19-12-9-8-11(14(20)10-12)4-3-7-16-23-24-18(26-16)22-17(25)13-5-1-2-6-15(13)21/h1-2,5-6,8-10H,3-4,7H2,(H,22,24,25). The summed E-state index contributed by atoms with van der Waals surface area (Å²) < 4.78 is 0.896. The number of amides is 1. The van der Waals surface area contributed by atoms with Gasteiger partial charge in [0.05, 0.1) is 5.56 Å². The van der Waals surface area contributed by atoms with E-state index >= 15 is 0 Å². The quantitative estimate of drug-likeness (QED) is 0.415. The molecule has 2 aromatic carbocycles. The molecule has 0 radical (unpaired) electrons. The van der Waals surface area contributed by atoms with E-state index in [-0.39, 0.29) is 5.91 Å². The first-order valence-corrected chi connectivity index (χ1v) is 10.5. The van der Waals surface area contributed by atoms with Crippen molar-refractivity contribution in [1.82, 2.24) is 10.2 Å². The van der Waals surface area contributed by atoms with Crippen molar-refractivity contribution in [3.8, 4) is 0 Å². The van der Waals surface area contributed by atoms with Crippen molar-refractivity contribution in [2.45, 2.75) is 19.3 Å². The summed E-state index contributed by atoms with van der Waals surface area (Å²) in [6.45, 7) is 0. The maximum absolute atomic E-state index is 12.3. The largest absolute Gasteiger partial charge is 0.296 e. The number of nitrogens with one attached hydrogen (secondary N) is 1. The summed E-state index contributed by atoms with van der Waals surface area (Å²) >= 11 is 15.6. The molecule has 0 fully saturated rings. The Morgan fingerprint density at radius 3 is 2.69 bits per heavy atom. The van der Waals surface area contributed by atoms with E-state index in [9.17, 15) is 4.79 Å². The van der Waals surface area contributed by atoms with Crippen molar-refractivity contribution in [1.29, 1.82) is 0 Å². The monoisotopic (exact) mass is 517 g/mol. The molecule has 0 aliphatic carbocycles. The number of benzene rings is 2. The van der Waals surface area contributed by atoms with Gasteiger partial charge in [0.25, 0.3) is 5.91 Å². The van der Waals surface area contributed by atoms with Gasteiger partial charge >= 0.3 is 0 Å². The molecule has 0 unspecified atom stereocenters. The molecule has 0 saturated carbocycles. The van der Waals surface area contributed by atoms with E-state index in [4.69, 9.17) is 23.2 Å². The number of halogens is 3. The molecule has 1 heterocycles. The van der Waals surface area contributed by atoms with E-state index in [0.29, 0.717) is 20.7 Å². The van der Waals surface area contributed by atoms with Gasteiger partial charge in [0.15, 0.2) is 0 Å². The lowest BCUT2D eigenvalue weighted by atomic mass is 10.1. The molecule has 1 aromatic heterocycles. The lowest BCUT2D eigenvalue weighted by molar-refractivity contribution is 0.102. The van der Waals surface area contributed by atoms with Gasteiger partial charge in [-0.1, -0.05) is 52.7 Å². The zero-order valence-corrected chi connectivity index (χ0v) is 18.0. The molecule has 0 atom stereocenters. The number of aromatic nitrogens is 2. The third kappa shape index (κ3) is 5.16. The number of hydrogen-bond donors (Lipinski definition) is 1. The zero-order chi connectivity index (χ0) is 18.5. The van der Waals surface area contributed by atoms with Crippen LogP contribution in [-0.4, -0.2) is 16.1 Å². The lowest BCUT2D eigenvalue weighted by Crippen LogP contribution is -2.13. The van der Waals surface area contributed by atoms with Crippen LogP contribution in [0.4, 0.5) is 5.13 Å². The highest BCUT2D eigenvalue weighted by molar-refractivity contribution is 14.1. The predicted molar refractivity (Wildman–Crippen MR) is 116 cm³/mol. The van der Waals surface area contributed by atoms with Crippen molar-refractivity contribution in [3.05, 3.63) is 72.2 Å². The Bertz CT molecular complexity index is 932. The second-order valence-electron chi connectivity index (χ2n) is 5.52. The highest BCUT2D eigenvalue weighted by Crippen LogP contribution is 2.24. The average molecular weight is 518 g/mol. The highest BCUT2D eigenvalue weighted by atomic mass is 127. The second-order valence-corrected chi connectivity index (χ2v) is 8.59. The second kappa shape index (κ2) is 9.12. The van der Waals surface area contributed by atoms with Crippen LogP contribution in [0.15, 0.2) is 42.5 Å². The maximum atomic E-state index is 12.3. The number of nitrogens with zero attached hydrogens (tertiary/aromatic N) is 2. The fraction of sp³-hybridized carbons (Fsp3) is 0.167. The van der Waals surface area contributed by atoms with E-state index in [1.807, 2.05) is 30.3 Å². The molecule has 1 amide bonds. The Kier molecular flexibility index (Phi) is 6.86. The minimum absolute atomic E-state index is 0.175. The lowest BCUT2D eigenvalue weighted by Gasteiger charge is -2.03. The van der Waals surface area contributed by atoms with Gasteiger partial charge in [0.1, 0.15) is 5.01 Å². The summed E-state index contributed by atoms with van der Waals surface area (Å²) in [5.74, 6) is -0.175. The van der Waals surface area contributed by atoms with Gasteiger partial charge in [-0.05, 0) is 65.3 Å². The van der Waals surface area contributed by atoms with Gasteiger partial charge in [0, 0.05) is 20.0 Å². The van der Waals surface area contributed by atoms with Gasteiger partial charge in [-0.25, -0.2) is 0 Å². The molecule has 0 aliphatic heterocycles. The molecule has 0 aliphatic rings. The van der Waals surface area contributed by atoms with E-state index in [1.54, 1.807) is 12.1 Å². The Morgan fingerprint density at radius 2 is 1.92 bits per heavy atom. The van der Waals surface area contributed by atoms with Crippen LogP contribution in [0.5, 0.6) is 0 Å². The van der Waals surface area contributed by atoms with E-state index in [1.165, 1.54) is 11.3 Å². The van der Waals surface area contributed by atoms with Crippen LogP contribution in [0.25, 0.3) is 0 Å². The van der Waals surface area contributed by atoms with Crippen LogP contribution >= 0.6 is 57.1 Å². The first-order valence-electron chi connectivity index (χ1n) is 7.85. The number of aryl methyl sites for hydroxylation is 2. The molecule has 0 bridgehead atoms. The van der Waals surface area contributed by atoms with E-state index in [0.717, 1.165) is 33.4 Å². The SMILES string of the molecule is O=C(Nc1nnc(CCCc2ccc(Cl)cc2Cl)s1)c1ccccc1I. The van der Waals surface area contributed by atoms with E-state index in [2.05, 4.69) is 38.1 Å². The normalized spacial score (nSPS) is 10.7. The molecular formula is C18H14Cl2IN3OS. The Hall–Kier alpha value is -1.22. The molecule has 8 heteroatoms. The summed E-state index contributed by atoms with van der Waals surface area (Å²) in [5.41, 5.74) is 1.69. The fourth-order valence-corrected chi connectivity index (χ4v) is 4.28. The Labute approximate surface area is 179 Å². The molecule has 26 heavy (non-hydrogen) atoms. The molecule has 3 aromatic rings. The van der Waals surface area contributed by atoms with Crippen LogP contribution in [0.2, 0.25) is 10.0 Å². The van der Waals surface area contributed by atoms with Crippen molar-refractivity contribution >= 4 is 68.2 Å². The van der Waals surface area contributed by atoms with Crippen molar-refractivity contribution in [2.24, 2.45) is 0 Å². The smallest absolute Gasteiger partial charge is 0.258 e. The maximum Gasteiger partial charge on any atom is 0.258 e. The summed E-state index contributed by atoms with van der Waals surface area (Å²) in [4.78, 5) is 12.3. The molecular weight excluding hydrogens is 504 g/mol. The molecule has 3 rings (SSSR count). The summed E-state index contributed by atoms with van der Waals surface area (Å²) in [5, 5.41) is 13.7. The first kappa shape index (κ1) is 19.5.